The summed E-state index contributed by atoms with van der Waals surface area (Å²) in [6, 6.07) is 7.21. The monoisotopic (exact) mass is 230 g/mol. The van der Waals surface area contributed by atoms with Gasteiger partial charge < -0.3 is 15.2 Å². The third-order valence-corrected chi connectivity index (χ3v) is 2.52. The van der Waals surface area contributed by atoms with Crippen LogP contribution in [0.4, 0.5) is 11.5 Å². The number of hydrogen-bond donors (Lipinski definition) is 2. The average Bonchev–Trinajstić information content (AvgIpc) is 2.91. The number of aromatic amines is 1. The molecule has 0 aliphatic carbocycles. The van der Waals surface area contributed by atoms with Gasteiger partial charge in [-0.2, -0.15) is 0 Å². The van der Waals surface area contributed by atoms with Gasteiger partial charge >= 0.3 is 0 Å². The van der Waals surface area contributed by atoms with Crippen molar-refractivity contribution in [2.45, 2.75) is 0 Å². The maximum atomic E-state index is 12.0. The van der Waals surface area contributed by atoms with Crippen molar-refractivity contribution in [3.8, 4) is 0 Å². The molecule has 17 heavy (non-hydrogen) atoms. The fourth-order valence-corrected chi connectivity index (χ4v) is 1.49. The van der Waals surface area contributed by atoms with Gasteiger partial charge in [-0.25, -0.2) is 4.98 Å². The first-order chi connectivity index (χ1) is 8.22. The molecule has 0 atom stereocenters. The van der Waals surface area contributed by atoms with Crippen molar-refractivity contribution >= 4 is 17.4 Å². The number of nitrogens with zero attached hydrogens (tertiary/aromatic N) is 2. The summed E-state index contributed by atoms with van der Waals surface area (Å²) in [5.41, 5.74) is 1.31. The van der Waals surface area contributed by atoms with E-state index in [1.54, 1.807) is 43.5 Å². The molecule has 2 aromatic heterocycles. The van der Waals surface area contributed by atoms with E-state index in [4.69, 9.17) is 0 Å². The topological polar surface area (TPSA) is 61.0 Å². The van der Waals surface area contributed by atoms with E-state index in [0.29, 0.717) is 5.69 Å². The van der Waals surface area contributed by atoms with Gasteiger partial charge in [0.1, 0.15) is 11.5 Å². The number of amides is 1. The van der Waals surface area contributed by atoms with Gasteiger partial charge in [0.15, 0.2) is 0 Å². The van der Waals surface area contributed by atoms with Crippen molar-refractivity contribution < 1.29 is 4.79 Å². The molecule has 88 valence electrons. The number of hydrogen-bond acceptors (Lipinski definition) is 3. The Hall–Kier alpha value is -2.30. The number of nitrogens with one attached hydrogen (secondary N) is 2. The Morgan fingerprint density at radius 2 is 2.24 bits per heavy atom. The van der Waals surface area contributed by atoms with E-state index in [2.05, 4.69) is 15.3 Å². The number of anilines is 2. The molecular weight excluding hydrogens is 216 g/mol. The standard InChI is InChI=1S/C12H14N4O/c1-13-11-6-5-9(8-15-11)16(2)12(17)10-4-3-7-14-10/h3-8,14H,1-2H3,(H,13,15). The third kappa shape index (κ3) is 2.28. The molecule has 2 aromatic rings. The summed E-state index contributed by atoms with van der Waals surface area (Å²) in [7, 11) is 3.52. The van der Waals surface area contributed by atoms with E-state index in [-0.39, 0.29) is 5.91 Å². The molecule has 0 unspecified atom stereocenters. The molecule has 0 saturated carbocycles. The molecule has 5 nitrogen and oxygen atoms in total. The molecule has 0 aliphatic heterocycles. The molecule has 2 heterocycles. The summed E-state index contributed by atoms with van der Waals surface area (Å²) >= 11 is 0. The lowest BCUT2D eigenvalue weighted by molar-refractivity contribution is 0.0989. The number of pyridine rings is 1. The Morgan fingerprint density at radius 3 is 2.76 bits per heavy atom. The summed E-state index contributed by atoms with van der Waals surface area (Å²) in [5.74, 6) is 0.684. The van der Waals surface area contributed by atoms with Gasteiger partial charge in [0.05, 0.1) is 11.9 Å². The van der Waals surface area contributed by atoms with Crippen LogP contribution >= 0.6 is 0 Å². The lowest BCUT2D eigenvalue weighted by Gasteiger charge is -2.16. The van der Waals surface area contributed by atoms with Crippen molar-refractivity contribution in [2.24, 2.45) is 0 Å². The Morgan fingerprint density at radius 1 is 1.41 bits per heavy atom. The summed E-state index contributed by atoms with van der Waals surface area (Å²) in [6.45, 7) is 0. The minimum atomic E-state index is -0.0889. The summed E-state index contributed by atoms with van der Waals surface area (Å²) < 4.78 is 0. The number of carbonyl (C=O) groups is 1. The second-order valence-corrected chi connectivity index (χ2v) is 3.60. The summed E-state index contributed by atoms with van der Waals surface area (Å²) in [5, 5.41) is 2.93. The number of rotatable bonds is 3. The Bertz CT molecular complexity index is 490. The largest absolute Gasteiger partial charge is 0.373 e. The van der Waals surface area contributed by atoms with Crippen LogP contribution in [0.1, 0.15) is 10.5 Å². The predicted molar refractivity (Wildman–Crippen MR) is 67.3 cm³/mol. The number of H-pyrrole nitrogens is 1. The summed E-state index contributed by atoms with van der Waals surface area (Å²) in [4.78, 5) is 20.6. The average molecular weight is 230 g/mol. The van der Waals surface area contributed by atoms with Crippen molar-refractivity contribution in [1.29, 1.82) is 0 Å². The van der Waals surface area contributed by atoms with Crippen LogP contribution in [0.15, 0.2) is 36.7 Å². The van der Waals surface area contributed by atoms with Crippen LogP contribution in [0.5, 0.6) is 0 Å². The predicted octanol–water partition coefficient (Wildman–Crippen LogP) is 1.73. The van der Waals surface area contributed by atoms with Crippen LogP contribution in [0.2, 0.25) is 0 Å². The Kier molecular flexibility index (Phi) is 3.09. The second kappa shape index (κ2) is 4.69. The lowest BCUT2D eigenvalue weighted by atomic mass is 10.3. The first-order valence-corrected chi connectivity index (χ1v) is 5.27. The van der Waals surface area contributed by atoms with Gasteiger partial charge in [-0.15, -0.1) is 0 Å². The van der Waals surface area contributed by atoms with Gasteiger partial charge in [-0.1, -0.05) is 0 Å². The van der Waals surface area contributed by atoms with Crippen molar-refractivity contribution in [2.75, 3.05) is 24.3 Å². The molecule has 0 bridgehead atoms. The van der Waals surface area contributed by atoms with Gasteiger partial charge in [-0.3, -0.25) is 4.79 Å². The van der Waals surface area contributed by atoms with Gasteiger partial charge in [0, 0.05) is 20.3 Å². The Balaban J connectivity index is 2.19. The summed E-state index contributed by atoms with van der Waals surface area (Å²) in [6.07, 6.45) is 3.39. The number of carbonyl (C=O) groups excluding carboxylic acids is 1. The quantitative estimate of drug-likeness (QED) is 0.844. The van der Waals surface area contributed by atoms with Gasteiger partial charge in [0.25, 0.3) is 5.91 Å². The SMILES string of the molecule is CNc1ccc(N(C)C(=O)c2ccc[nH]2)cn1. The highest BCUT2D eigenvalue weighted by molar-refractivity contribution is 6.04. The zero-order valence-corrected chi connectivity index (χ0v) is 9.77. The maximum Gasteiger partial charge on any atom is 0.274 e. The van der Waals surface area contributed by atoms with Crippen LogP contribution < -0.4 is 10.2 Å². The fraction of sp³-hybridized carbons (Fsp3) is 0.167. The highest BCUT2D eigenvalue weighted by atomic mass is 16.2. The second-order valence-electron chi connectivity index (χ2n) is 3.60. The molecule has 1 amide bonds. The molecule has 5 heteroatoms. The third-order valence-electron chi connectivity index (χ3n) is 2.52. The van der Waals surface area contributed by atoms with Crippen molar-refractivity contribution in [1.82, 2.24) is 9.97 Å². The van der Waals surface area contributed by atoms with Crippen LogP contribution in [0.25, 0.3) is 0 Å². The zero-order valence-electron chi connectivity index (χ0n) is 9.77. The lowest BCUT2D eigenvalue weighted by Crippen LogP contribution is -2.26. The molecule has 0 radical (unpaired) electrons. The van der Waals surface area contributed by atoms with Gasteiger partial charge in [0.2, 0.25) is 0 Å². The van der Waals surface area contributed by atoms with E-state index >= 15 is 0 Å². The Labute approximate surface area is 99.5 Å². The molecule has 2 N–H and O–H groups in total. The van der Waals surface area contributed by atoms with E-state index in [9.17, 15) is 4.79 Å². The van der Waals surface area contributed by atoms with Crippen LogP contribution in [0, 0.1) is 0 Å². The van der Waals surface area contributed by atoms with E-state index in [1.807, 2.05) is 12.1 Å². The molecule has 0 aromatic carbocycles. The molecule has 0 aliphatic rings. The first kappa shape index (κ1) is 11.2. The van der Waals surface area contributed by atoms with E-state index in [0.717, 1.165) is 11.5 Å². The fourth-order valence-electron chi connectivity index (χ4n) is 1.49. The van der Waals surface area contributed by atoms with Gasteiger partial charge in [-0.05, 0) is 24.3 Å². The normalized spacial score (nSPS) is 10.0. The van der Waals surface area contributed by atoms with Crippen LogP contribution in [-0.4, -0.2) is 30.0 Å². The molecule has 0 fully saturated rings. The minimum Gasteiger partial charge on any atom is -0.373 e. The van der Waals surface area contributed by atoms with Crippen molar-refractivity contribution in [3.05, 3.63) is 42.4 Å². The molecular formula is C12H14N4O. The zero-order chi connectivity index (χ0) is 12.3. The first-order valence-electron chi connectivity index (χ1n) is 5.27. The maximum absolute atomic E-state index is 12.0. The van der Waals surface area contributed by atoms with E-state index in [1.165, 1.54) is 0 Å². The number of aromatic nitrogens is 2. The molecule has 0 saturated heterocycles. The highest BCUT2D eigenvalue weighted by Gasteiger charge is 2.13. The van der Waals surface area contributed by atoms with Crippen LogP contribution in [0.3, 0.4) is 0 Å². The minimum absolute atomic E-state index is 0.0889. The molecule has 2 rings (SSSR count). The van der Waals surface area contributed by atoms with E-state index < -0.39 is 0 Å². The van der Waals surface area contributed by atoms with Crippen LogP contribution in [-0.2, 0) is 0 Å². The molecule has 0 spiro atoms. The highest BCUT2D eigenvalue weighted by Crippen LogP contribution is 2.15. The smallest absolute Gasteiger partial charge is 0.274 e. The van der Waals surface area contributed by atoms with Crippen molar-refractivity contribution in [3.63, 3.8) is 0 Å².